The van der Waals surface area contributed by atoms with Crippen molar-refractivity contribution in [3.05, 3.63) is 82.0 Å². The lowest BCUT2D eigenvalue weighted by Gasteiger charge is -2.43. The lowest BCUT2D eigenvalue weighted by molar-refractivity contribution is 0.396. The molecule has 1 saturated heterocycles. The van der Waals surface area contributed by atoms with Crippen LogP contribution in [0, 0.1) is 37.1 Å². The molecule has 0 aliphatic carbocycles. The minimum atomic E-state index is -1.79. The molecule has 1 fully saturated rings. The van der Waals surface area contributed by atoms with Gasteiger partial charge in [0.15, 0.2) is 23.3 Å². The van der Waals surface area contributed by atoms with Gasteiger partial charge in [-0.05, 0) is 61.9 Å². The summed E-state index contributed by atoms with van der Waals surface area (Å²) in [6, 6.07) is 11.8. The molecule has 38 heavy (non-hydrogen) atoms. The fraction of sp³-hybridized carbons (Fsp3) is 0.276. The molecule has 1 aromatic heterocycles. The quantitative estimate of drug-likeness (QED) is 0.109. The van der Waals surface area contributed by atoms with Gasteiger partial charge in [0, 0.05) is 53.5 Å². The topological polar surface area (TPSA) is 19.4 Å². The summed E-state index contributed by atoms with van der Waals surface area (Å²) in [7, 11) is 0. The number of aryl methyl sites for hydroxylation is 2. The third kappa shape index (κ3) is 4.37. The maximum atomic E-state index is 14.8. The number of pyridine rings is 1. The molecule has 5 rings (SSSR count). The Morgan fingerprint density at radius 1 is 0.947 bits per heavy atom. The smallest absolute Gasteiger partial charge is 0.199 e. The number of halogens is 5. The average Bonchev–Trinajstić information content (AvgIpc) is 2.89. The van der Waals surface area contributed by atoms with Gasteiger partial charge in [-0.15, -0.1) is 11.8 Å². The van der Waals surface area contributed by atoms with Crippen LogP contribution in [0.15, 0.2) is 47.5 Å². The van der Waals surface area contributed by atoms with Gasteiger partial charge >= 0.3 is 0 Å². The molecule has 0 amide bonds. The van der Waals surface area contributed by atoms with E-state index in [0.29, 0.717) is 11.6 Å². The Morgan fingerprint density at radius 3 is 2.29 bits per heavy atom. The summed E-state index contributed by atoms with van der Waals surface area (Å²) >= 11 is 7.68. The Morgan fingerprint density at radius 2 is 1.63 bits per heavy atom. The summed E-state index contributed by atoms with van der Waals surface area (Å²) in [5.41, 5.74) is 5.71. The molecule has 3 aromatic carbocycles. The predicted octanol–water partition coefficient (Wildman–Crippen LogP) is 8.17. The molecule has 1 aliphatic heterocycles. The van der Waals surface area contributed by atoms with Crippen LogP contribution < -0.4 is 9.80 Å². The van der Waals surface area contributed by atoms with Gasteiger partial charge < -0.3 is 9.80 Å². The number of benzene rings is 3. The SMILES string of the molecule is CSc1c(F)c(F)c(F)c(F)c1N1CCN(c2ccnc3cc(-c4c(C)cccc4C)c(Cl)cc23)[C@@H](C)C1. The monoisotopic (exact) mass is 559 g/mol. The van der Waals surface area contributed by atoms with E-state index < -0.39 is 23.3 Å². The van der Waals surface area contributed by atoms with Gasteiger partial charge in [0.1, 0.15) is 0 Å². The first-order valence-corrected chi connectivity index (χ1v) is 13.8. The zero-order chi connectivity index (χ0) is 27.3. The minimum Gasteiger partial charge on any atom is -0.365 e. The van der Waals surface area contributed by atoms with Gasteiger partial charge in [-0.2, -0.15) is 0 Å². The number of hydrogen-bond donors (Lipinski definition) is 0. The summed E-state index contributed by atoms with van der Waals surface area (Å²) in [5, 5.41) is 1.49. The van der Waals surface area contributed by atoms with Crippen molar-refractivity contribution in [2.45, 2.75) is 31.7 Å². The van der Waals surface area contributed by atoms with Crippen molar-refractivity contribution in [3.8, 4) is 11.1 Å². The van der Waals surface area contributed by atoms with Crippen LogP contribution in [0.4, 0.5) is 28.9 Å². The highest BCUT2D eigenvalue weighted by Crippen LogP contribution is 2.41. The number of fused-ring (bicyclic) bond motifs is 1. The molecule has 198 valence electrons. The predicted molar refractivity (Wildman–Crippen MR) is 149 cm³/mol. The highest BCUT2D eigenvalue weighted by molar-refractivity contribution is 7.98. The van der Waals surface area contributed by atoms with Crippen molar-refractivity contribution in [2.75, 3.05) is 35.7 Å². The highest BCUT2D eigenvalue weighted by Gasteiger charge is 2.33. The fourth-order valence-electron chi connectivity index (χ4n) is 5.42. The summed E-state index contributed by atoms with van der Waals surface area (Å²) in [6.45, 7) is 7.09. The van der Waals surface area contributed by atoms with Gasteiger partial charge in [0.2, 0.25) is 0 Å². The van der Waals surface area contributed by atoms with Gasteiger partial charge in [-0.1, -0.05) is 29.8 Å². The van der Waals surface area contributed by atoms with E-state index in [1.165, 1.54) is 6.26 Å². The molecule has 9 heteroatoms. The van der Waals surface area contributed by atoms with Gasteiger partial charge in [0.25, 0.3) is 0 Å². The van der Waals surface area contributed by atoms with Crippen LogP contribution in [0.2, 0.25) is 5.02 Å². The second kappa shape index (κ2) is 10.3. The first-order chi connectivity index (χ1) is 18.1. The number of piperazine rings is 1. The molecule has 0 saturated carbocycles. The highest BCUT2D eigenvalue weighted by atomic mass is 35.5. The Kier molecular flexibility index (Phi) is 7.22. The third-order valence-electron chi connectivity index (χ3n) is 7.22. The lowest BCUT2D eigenvalue weighted by atomic mass is 9.94. The van der Waals surface area contributed by atoms with Crippen LogP contribution in [-0.4, -0.2) is 36.9 Å². The van der Waals surface area contributed by atoms with E-state index in [1.807, 2.05) is 31.2 Å². The van der Waals surface area contributed by atoms with E-state index >= 15 is 0 Å². The largest absolute Gasteiger partial charge is 0.365 e. The van der Waals surface area contributed by atoms with Crippen LogP contribution in [0.5, 0.6) is 0 Å². The van der Waals surface area contributed by atoms with E-state index in [9.17, 15) is 17.6 Å². The van der Waals surface area contributed by atoms with E-state index in [-0.39, 0.29) is 29.7 Å². The molecule has 0 N–H and O–H groups in total. The maximum absolute atomic E-state index is 14.8. The van der Waals surface area contributed by atoms with Gasteiger partial charge in [-0.3, -0.25) is 4.98 Å². The van der Waals surface area contributed by atoms with Crippen molar-refractivity contribution < 1.29 is 17.6 Å². The molecule has 0 unspecified atom stereocenters. The molecule has 0 radical (unpaired) electrons. The fourth-order valence-corrected chi connectivity index (χ4v) is 6.36. The van der Waals surface area contributed by atoms with Crippen molar-refractivity contribution in [1.29, 1.82) is 0 Å². The molecule has 1 aliphatic rings. The average molecular weight is 560 g/mol. The van der Waals surface area contributed by atoms with Crippen LogP contribution in [-0.2, 0) is 0 Å². The second-order valence-corrected chi connectivity index (χ2v) is 10.8. The van der Waals surface area contributed by atoms with Gasteiger partial charge in [-0.25, -0.2) is 17.6 Å². The summed E-state index contributed by atoms with van der Waals surface area (Å²) in [4.78, 5) is 8.11. The van der Waals surface area contributed by atoms with Crippen molar-refractivity contribution >= 4 is 45.6 Å². The number of aromatic nitrogens is 1. The van der Waals surface area contributed by atoms with Crippen LogP contribution >= 0.6 is 23.4 Å². The van der Waals surface area contributed by atoms with Crippen LogP contribution in [0.25, 0.3) is 22.0 Å². The number of anilines is 2. The van der Waals surface area contributed by atoms with Crippen molar-refractivity contribution in [1.82, 2.24) is 4.98 Å². The molecule has 1 atom stereocenters. The molecule has 4 aromatic rings. The first-order valence-electron chi connectivity index (χ1n) is 12.2. The minimum absolute atomic E-state index is 0.156. The lowest BCUT2D eigenvalue weighted by Crippen LogP contribution is -2.52. The number of hydrogen-bond acceptors (Lipinski definition) is 4. The Labute approximate surface area is 228 Å². The zero-order valence-electron chi connectivity index (χ0n) is 21.4. The summed E-state index contributed by atoms with van der Waals surface area (Å²) in [6.07, 6.45) is 3.26. The molecule has 3 nitrogen and oxygen atoms in total. The summed E-state index contributed by atoms with van der Waals surface area (Å²) < 4.78 is 57.3. The number of thioether (sulfide) groups is 1. The number of rotatable bonds is 4. The molecular formula is C29H26ClF4N3S. The molecule has 0 spiro atoms. The van der Waals surface area contributed by atoms with Crippen molar-refractivity contribution in [3.63, 3.8) is 0 Å². The molecule has 2 heterocycles. The third-order valence-corrected chi connectivity index (χ3v) is 8.31. The van der Waals surface area contributed by atoms with Crippen LogP contribution in [0.1, 0.15) is 18.1 Å². The van der Waals surface area contributed by atoms with E-state index in [0.717, 1.165) is 50.6 Å². The molecule has 0 bridgehead atoms. The Hall–Kier alpha value is -2.97. The summed E-state index contributed by atoms with van der Waals surface area (Å²) in [5.74, 6) is -6.31. The van der Waals surface area contributed by atoms with Crippen molar-refractivity contribution in [2.24, 2.45) is 0 Å². The molecular weight excluding hydrogens is 534 g/mol. The first kappa shape index (κ1) is 26.6. The standard InChI is InChI=1S/C29H26ClF4N3S/c1-15-6-5-7-16(2)23(15)18-13-21-19(12-20(18)30)22(8-9-35-21)37-11-10-36(14-17(37)3)28-26(33)24(31)25(32)27(34)29(28)38-4/h5-9,12-13,17H,10-11,14H2,1-4H3/t17-/m0/s1. The Balaban J connectivity index is 1.51. The van der Waals surface area contributed by atoms with E-state index in [1.54, 1.807) is 11.1 Å². The van der Waals surface area contributed by atoms with E-state index in [2.05, 4.69) is 35.9 Å². The number of nitrogens with zero attached hydrogens (tertiary/aromatic N) is 3. The van der Waals surface area contributed by atoms with E-state index in [4.69, 9.17) is 11.6 Å². The van der Waals surface area contributed by atoms with Gasteiger partial charge in [0.05, 0.1) is 16.1 Å². The van der Waals surface area contributed by atoms with Crippen LogP contribution in [0.3, 0.4) is 0 Å². The zero-order valence-corrected chi connectivity index (χ0v) is 23.0. The Bertz CT molecular complexity index is 1540. The maximum Gasteiger partial charge on any atom is 0.199 e. The second-order valence-electron chi connectivity index (χ2n) is 9.57. The normalized spacial score (nSPS) is 16.0.